The number of carbonyl (C=O) groups excluding carboxylic acids is 2. The first kappa shape index (κ1) is 17.7. The fraction of sp³-hybridized carbons (Fsp3) is 0.182. The molecule has 3 rings (SSSR count). The van der Waals surface area contributed by atoms with Crippen LogP contribution in [0.2, 0.25) is 0 Å². The first-order valence-electron chi connectivity index (χ1n) is 8.61. The Morgan fingerprint density at radius 3 is 2.42 bits per heavy atom. The number of hydrogen-bond acceptors (Lipinski definition) is 3. The molecule has 26 heavy (non-hydrogen) atoms. The van der Waals surface area contributed by atoms with Crippen molar-refractivity contribution < 1.29 is 14.3 Å². The normalized spacial score (nSPS) is 11.7. The largest absolute Gasteiger partial charge is 0.456 e. The number of fused-ring (bicyclic) bond motifs is 1. The molecule has 0 aliphatic rings. The Hall–Kier alpha value is -3.14. The van der Waals surface area contributed by atoms with Crippen LogP contribution >= 0.6 is 0 Å². The number of nitrogens with one attached hydrogen (secondary N) is 1. The van der Waals surface area contributed by atoms with Gasteiger partial charge in [-0.25, -0.2) is 0 Å². The lowest BCUT2D eigenvalue weighted by Gasteiger charge is -2.12. The van der Waals surface area contributed by atoms with Gasteiger partial charge in [-0.2, -0.15) is 0 Å². The summed E-state index contributed by atoms with van der Waals surface area (Å²) in [6.45, 7) is 1.68. The Bertz CT molecular complexity index is 900. The number of hydrogen-bond donors (Lipinski definition) is 1. The van der Waals surface area contributed by atoms with Crippen molar-refractivity contribution in [3.63, 3.8) is 0 Å². The second kappa shape index (κ2) is 8.30. The molecule has 4 heteroatoms. The van der Waals surface area contributed by atoms with Gasteiger partial charge >= 0.3 is 5.97 Å². The summed E-state index contributed by atoms with van der Waals surface area (Å²) in [6, 6.07) is 23.3. The van der Waals surface area contributed by atoms with E-state index in [9.17, 15) is 9.59 Å². The summed E-state index contributed by atoms with van der Waals surface area (Å²) in [5.41, 5.74) is 1.78. The highest BCUT2D eigenvalue weighted by atomic mass is 16.5. The van der Waals surface area contributed by atoms with E-state index in [0.29, 0.717) is 5.69 Å². The Morgan fingerprint density at radius 2 is 1.62 bits per heavy atom. The molecule has 0 fully saturated rings. The molecule has 0 heterocycles. The van der Waals surface area contributed by atoms with Crippen molar-refractivity contribution in [3.8, 4) is 0 Å². The van der Waals surface area contributed by atoms with Gasteiger partial charge in [-0.05, 0) is 22.9 Å². The fourth-order valence-electron chi connectivity index (χ4n) is 2.88. The van der Waals surface area contributed by atoms with E-state index < -0.39 is 0 Å². The lowest BCUT2D eigenvalue weighted by Crippen LogP contribution is -2.21. The molecule has 132 valence electrons. The van der Waals surface area contributed by atoms with Gasteiger partial charge in [0.1, 0.15) is 0 Å². The van der Waals surface area contributed by atoms with E-state index in [-0.39, 0.29) is 30.8 Å². The molecule has 3 aromatic rings. The molecule has 4 nitrogen and oxygen atoms in total. The third-order valence-corrected chi connectivity index (χ3v) is 4.27. The maximum absolute atomic E-state index is 12.1. The number of esters is 1. The summed E-state index contributed by atoms with van der Waals surface area (Å²) in [4.78, 5) is 24.1. The van der Waals surface area contributed by atoms with Crippen LogP contribution in [0.15, 0.2) is 72.8 Å². The molecule has 3 aromatic carbocycles. The van der Waals surface area contributed by atoms with Gasteiger partial charge in [-0.15, -0.1) is 0 Å². The van der Waals surface area contributed by atoms with Gasteiger partial charge in [0.25, 0.3) is 5.91 Å². The zero-order valence-electron chi connectivity index (χ0n) is 14.6. The van der Waals surface area contributed by atoms with Gasteiger partial charge in [0.2, 0.25) is 0 Å². The van der Waals surface area contributed by atoms with Crippen LogP contribution in [0.5, 0.6) is 0 Å². The molecule has 0 radical (unpaired) electrons. The van der Waals surface area contributed by atoms with Gasteiger partial charge in [-0.1, -0.05) is 73.7 Å². The third kappa shape index (κ3) is 4.48. The van der Waals surface area contributed by atoms with Crippen molar-refractivity contribution in [2.24, 2.45) is 0 Å². The molecular formula is C22H21NO3. The number of amides is 1. The van der Waals surface area contributed by atoms with Crippen molar-refractivity contribution in [1.82, 2.24) is 0 Å². The van der Waals surface area contributed by atoms with Crippen LogP contribution < -0.4 is 5.32 Å². The smallest absolute Gasteiger partial charge is 0.306 e. The summed E-state index contributed by atoms with van der Waals surface area (Å²) < 4.78 is 5.13. The van der Waals surface area contributed by atoms with Gasteiger partial charge in [0.05, 0.1) is 6.42 Å². The molecule has 0 saturated heterocycles. The molecule has 0 aliphatic carbocycles. The zero-order chi connectivity index (χ0) is 18.4. The van der Waals surface area contributed by atoms with Gasteiger partial charge in [0.15, 0.2) is 6.61 Å². The van der Waals surface area contributed by atoms with Crippen LogP contribution in [-0.4, -0.2) is 18.5 Å². The summed E-state index contributed by atoms with van der Waals surface area (Å²) >= 11 is 0. The van der Waals surface area contributed by atoms with E-state index in [1.807, 2.05) is 79.7 Å². The second-order valence-corrected chi connectivity index (χ2v) is 6.25. The average molecular weight is 347 g/mol. The van der Waals surface area contributed by atoms with Crippen LogP contribution in [-0.2, 0) is 14.3 Å². The first-order chi connectivity index (χ1) is 12.6. The average Bonchev–Trinajstić information content (AvgIpc) is 2.67. The number of carbonyl (C=O) groups is 2. The monoisotopic (exact) mass is 347 g/mol. The zero-order valence-corrected chi connectivity index (χ0v) is 14.6. The first-order valence-corrected chi connectivity index (χ1v) is 8.61. The number of rotatable bonds is 6. The van der Waals surface area contributed by atoms with E-state index >= 15 is 0 Å². The Morgan fingerprint density at radius 1 is 0.923 bits per heavy atom. The highest BCUT2D eigenvalue weighted by Crippen LogP contribution is 2.23. The Balaban J connectivity index is 1.53. The van der Waals surface area contributed by atoms with E-state index in [1.54, 1.807) is 0 Å². The topological polar surface area (TPSA) is 55.4 Å². The fourth-order valence-corrected chi connectivity index (χ4v) is 2.88. The summed E-state index contributed by atoms with van der Waals surface area (Å²) in [7, 11) is 0. The van der Waals surface area contributed by atoms with Crippen LogP contribution in [0, 0.1) is 0 Å². The standard InChI is InChI=1S/C22H21NO3/c1-16(17-8-3-2-4-9-17)14-22(25)26-15-21(24)23-20-13-7-11-18-10-5-6-12-19(18)20/h2-13,16H,14-15H2,1H3,(H,23,24). The predicted molar refractivity (Wildman–Crippen MR) is 103 cm³/mol. The molecule has 1 atom stereocenters. The third-order valence-electron chi connectivity index (χ3n) is 4.27. The van der Waals surface area contributed by atoms with Crippen molar-refractivity contribution >= 4 is 28.3 Å². The highest BCUT2D eigenvalue weighted by Gasteiger charge is 2.14. The van der Waals surface area contributed by atoms with Crippen molar-refractivity contribution in [1.29, 1.82) is 0 Å². The van der Waals surface area contributed by atoms with E-state index in [0.717, 1.165) is 16.3 Å². The van der Waals surface area contributed by atoms with E-state index in [2.05, 4.69) is 5.32 Å². The molecule has 0 bridgehead atoms. The SMILES string of the molecule is CC(CC(=O)OCC(=O)Nc1cccc2ccccc12)c1ccccc1. The Labute approximate surface area is 152 Å². The minimum Gasteiger partial charge on any atom is -0.456 e. The second-order valence-electron chi connectivity index (χ2n) is 6.25. The minimum absolute atomic E-state index is 0.0461. The maximum atomic E-state index is 12.1. The molecular weight excluding hydrogens is 326 g/mol. The molecule has 0 aliphatic heterocycles. The lowest BCUT2D eigenvalue weighted by atomic mass is 9.98. The summed E-state index contributed by atoms with van der Waals surface area (Å²) in [6.07, 6.45) is 0.242. The highest BCUT2D eigenvalue weighted by molar-refractivity contribution is 6.02. The van der Waals surface area contributed by atoms with Crippen LogP contribution in [0.3, 0.4) is 0 Å². The molecule has 1 unspecified atom stereocenters. The molecule has 0 saturated carbocycles. The van der Waals surface area contributed by atoms with E-state index in [1.165, 1.54) is 0 Å². The lowest BCUT2D eigenvalue weighted by molar-refractivity contribution is -0.147. The minimum atomic E-state index is -0.380. The maximum Gasteiger partial charge on any atom is 0.306 e. The van der Waals surface area contributed by atoms with Crippen LogP contribution in [0.1, 0.15) is 24.8 Å². The van der Waals surface area contributed by atoms with Gasteiger partial charge in [0, 0.05) is 11.1 Å². The molecule has 0 aromatic heterocycles. The molecule has 0 spiro atoms. The van der Waals surface area contributed by atoms with Crippen molar-refractivity contribution in [3.05, 3.63) is 78.4 Å². The van der Waals surface area contributed by atoms with Crippen LogP contribution in [0.4, 0.5) is 5.69 Å². The number of ether oxygens (including phenoxy) is 1. The van der Waals surface area contributed by atoms with E-state index in [4.69, 9.17) is 4.74 Å². The van der Waals surface area contributed by atoms with Gasteiger partial charge in [-0.3, -0.25) is 9.59 Å². The van der Waals surface area contributed by atoms with Crippen LogP contribution in [0.25, 0.3) is 10.8 Å². The predicted octanol–water partition coefficient (Wildman–Crippen LogP) is 4.52. The summed E-state index contributed by atoms with van der Waals surface area (Å²) in [5.74, 6) is -0.679. The van der Waals surface area contributed by atoms with Crippen molar-refractivity contribution in [2.45, 2.75) is 19.3 Å². The Kier molecular flexibility index (Phi) is 5.64. The van der Waals surface area contributed by atoms with Gasteiger partial charge < -0.3 is 10.1 Å². The molecule has 1 amide bonds. The number of benzene rings is 3. The number of anilines is 1. The van der Waals surface area contributed by atoms with Crippen molar-refractivity contribution in [2.75, 3.05) is 11.9 Å². The molecule has 1 N–H and O–H groups in total. The quantitative estimate of drug-likeness (QED) is 0.667. The summed E-state index contributed by atoms with van der Waals surface area (Å²) in [5, 5.41) is 4.80.